The highest BCUT2D eigenvalue weighted by Crippen LogP contribution is 2.03. The van der Waals surface area contributed by atoms with E-state index in [1.165, 1.54) is 19.6 Å². The number of nitrogens with one attached hydrogen (secondary N) is 1. The molecule has 0 aliphatic carbocycles. The topological polar surface area (TPSA) is 18.5 Å². The van der Waals surface area contributed by atoms with Crippen LogP contribution in [0.4, 0.5) is 0 Å². The summed E-state index contributed by atoms with van der Waals surface area (Å²) in [4.78, 5) is 4.82. The smallest absolute Gasteiger partial charge is 0.0345 e. The van der Waals surface area contributed by atoms with Gasteiger partial charge in [-0.05, 0) is 21.1 Å². The van der Waals surface area contributed by atoms with Crippen LogP contribution in [-0.4, -0.2) is 63.2 Å². The van der Waals surface area contributed by atoms with Crippen LogP contribution in [-0.2, 0) is 0 Å². The van der Waals surface area contributed by atoms with E-state index in [-0.39, 0.29) is 0 Å². The summed E-state index contributed by atoms with van der Waals surface area (Å²) in [6, 6.07) is 0.693. The molecule has 0 amide bonds. The fourth-order valence-corrected chi connectivity index (χ4v) is 1.56. The van der Waals surface area contributed by atoms with Crippen LogP contribution in [0, 0.1) is 0 Å². The predicted molar refractivity (Wildman–Crippen MR) is 47.8 cm³/mol. The summed E-state index contributed by atoms with van der Waals surface area (Å²) in [6.45, 7) is 4.69. The zero-order valence-electron chi connectivity index (χ0n) is 7.80. The van der Waals surface area contributed by atoms with Crippen molar-refractivity contribution in [2.45, 2.75) is 6.04 Å². The maximum absolute atomic E-state index is 3.22. The first kappa shape index (κ1) is 8.97. The molecule has 66 valence electrons. The normalized spacial score (nSPS) is 29.2. The molecule has 0 bridgehead atoms. The van der Waals surface area contributed by atoms with E-state index >= 15 is 0 Å². The second-order valence-electron chi connectivity index (χ2n) is 3.45. The molecule has 0 aromatic rings. The third-order valence-electron chi connectivity index (χ3n) is 2.42. The molecule has 0 radical (unpaired) electrons. The maximum Gasteiger partial charge on any atom is 0.0345 e. The molecule has 0 aromatic carbocycles. The van der Waals surface area contributed by atoms with Gasteiger partial charge in [0.2, 0.25) is 0 Å². The van der Waals surface area contributed by atoms with Crippen molar-refractivity contribution in [3.8, 4) is 0 Å². The predicted octanol–water partition coefficient (Wildman–Crippen LogP) is -0.548. The molecule has 3 nitrogen and oxygen atoms in total. The van der Waals surface area contributed by atoms with Gasteiger partial charge in [0.1, 0.15) is 0 Å². The Labute approximate surface area is 69.4 Å². The molecule has 0 aromatic heterocycles. The highest BCUT2D eigenvalue weighted by atomic mass is 15.3. The van der Waals surface area contributed by atoms with Gasteiger partial charge >= 0.3 is 0 Å². The van der Waals surface area contributed by atoms with Crippen molar-refractivity contribution in [3.05, 3.63) is 0 Å². The molecule has 0 spiro atoms. The van der Waals surface area contributed by atoms with E-state index in [9.17, 15) is 0 Å². The molecule has 1 atom stereocenters. The standard InChI is InChI=1S/C8H19N3/c1-9-6-8-7-10(2)4-5-11(8)3/h8-9H,4-7H2,1-3H3. The summed E-state index contributed by atoms with van der Waals surface area (Å²) in [5, 5.41) is 3.22. The molecule has 0 saturated carbocycles. The Morgan fingerprint density at radius 2 is 2.09 bits per heavy atom. The molecule has 11 heavy (non-hydrogen) atoms. The van der Waals surface area contributed by atoms with Crippen molar-refractivity contribution in [2.24, 2.45) is 0 Å². The second kappa shape index (κ2) is 4.04. The Balaban J connectivity index is 2.34. The first-order valence-corrected chi connectivity index (χ1v) is 4.27. The van der Waals surface area contributed by atoms with Crippen LogP contribution in [0.2, 0.25) is 0 Å². The van der Waals surface area contributed by atoms with E-state index < -0.39 is 0 Å². The first-order valence-electron chi connectivity index (χ1n) is 4.27. The first-order chi connectivity index (χ1) is 5.24. The molecule has 1 unspecified atom stereocenters. The van der Waals surface area contributed by atoms with Gasteiger partial charge in [-0.25, -0.2) is 0 Å². The zero-order valence-corrected chi connectivity index (χ0v) is 7.80. The Bertz CT molecular complexity index is 116. The largest absolute Gasteiger partial charge is 0.318 e. The number of piperazine rings is 1. The lowest BCUT2D eigenvalue weighted by Crippen LogP contribution is -2.53. The fraction of sp³-hybridized carbons (Fsp3) is 1.00. The number of hydrogen-bond donors (Lipinski definition) is 1. The molecule has 3 heteroatoms. The van der Waals surface area contributed by atoms with Crippen molar-refractivity contribution >= 4 is 0 Å². The van der Waals surface area contributed by atoms with E-state index in [0.29, 0.717) is 6.04 Å². The summed E-state index contributed by atoms with van der Waals surface area (Å²) < 4.78 is 0. The van der Waals surface area contributed by atoms with E-state index in [4.69, 9.17) is 0 Å². The van der Waals surface area contributed by atoms with Crippen LogP contribution in [0.25, 0.3) is 0 Å². The monoisotopic (exact) mass is 157 g/mol. The second-order valence-corrected chi connectivity index (χ2v) is 3.45. The van der Waals surface area contributed by atoms with E-state index in [1.54, 1.807) is 0 Å². The van der Waals surface area contributed by atoms with Gasteiger partial charge in [0.25, 0.3) is 0 Å². The van der Waals surface area contributed by atoms with Gasteiger partial charge in [0.05, 0.1) is 0 Å². The molecule has 1 rings (SSSR count). The Morgan fingerprint density at radius 1 is 1.36 bits per heavy atom. The lowest BCUT2D eigenvalue weighted by molar-refractivity contribution is 0.115. The van der Waals surface area contributed by atoms with Crippen molar-refractivity contribution in [3.63, 3.8) is 0 Å². The summed E-state index contributed by atoms with van der Waals surface area (Å²) >= 11 is 0. The zero-order chi connectivity index (χ0) is 8.27. The molecule has 1 fully saturated rings. The third-order valence-corrected chi connectivity index (χ3v) is 2.42. The van der Waals surface area contributed by atoms with Crippen LogP contribution < -0.4 is 5.32 Å². The summed E-state index contributed by atoms with van der Waals surface area (Å²) in [5.41, 5.74) is 0. The van der Waals surface area contributed by atoms with Crippen molar-refractivity contribution in [1.82, 2.24) is 15.1 Å². The van der Waals surface area contributed by atoms with Gasteiger partial charge in [0.15, 0.2) is 0 Å². The van der Waals surface area contributed by atoms with Crippen molar-refractivity contribution < 1.29 is 0 Å². The minimum atomic E-state index is 0.693. The van der Waals surface area contributed by atoms with Gasteiger partial charge in [-0.1, -0.05) is 0 Å². The van der Waals surface area contributed by atoms with Gasteiger partial charge in [0, 0.05) is 32.2 Å². The van der Waals surface area contributed by atoms with Gasteiger partial charge < -0.3 is 10.2 Å². The number of hydrogen-bond acceptors (Lipinski definition) is 3. The highest BCUT2D eigenvalue weighted by molar-refractivity contribution is 4.79. The molecule has 1 heterocycles. The van der Waals surface area contributed by atoms with Gasteiger partial charge in [-0.15, -0.1) is 0 Å². The third kappa shape index (κ3) is 2.43. The highest BCUT2D eigenvalue weighted by Gasteiger charge is 2.20. The van der Waals surface area contributed by atoms with Gasteiger partial charge in [-0.3, -0.25) is 4.90 Å². The molecule has 1 N–H and O–H groups in total. The molecule has 1 saturated heterocycles. The molecule has 1 aliphatic heterocycles. The minimum Gasteiger partial charge on any atom is -0.318 e. The Kier molecular flexibility index (Phi) is 3.30. The van der Waals surface area contributed by atoms with Crippen LogP contribution in [0.3, 0.4) is 0 Å². The summed E-state index contributed by atoms with van der Waals surface area (Å²) in [7, 11) is 6.41. The van der Waals surface area contributed by atoms with E-state index in [2.05, 4.69) is 29.2 Å². The quantitative estimate of drug-likeness (QED) is 0.580. The average molecular weight is 157 g/mol. The maximum atomic E-state index is 3.22. The van der Waals surface area contributed by atoms with E-state index in [1.807, 2.05) is 7.05 Å². The van der Waals surface area contributed by atoms with Crippen molar-refractivity contribution in [1.29, 1.82) is 0 Å². The summed E-state index contributed by atoms with van der Waals surface area (Å²) in [6.07, 6.45) is 0. The molecule has 1 aliphatic rings. The molecular weight excluding hydrogens is 138 g/mol. The number of rotatable bonds is 2. The lowest BCUT2D eigenvalue weighted by atomic mass is 10.2. The number of nitrogens with zero attached hydrogens (tertiary/aromatic N) is 2. The Morgan fingerprint density at radius 3 is 2.73 bits per heavy atom. The van der Waals surface area contributed by atoms with Gasteiger partial charge in [-0.2, -0.15) is 0 Å². The Hall–Kier alpha value is -0.120. The SMILES string of the molecule is CNCC1CN(C)CCN1C. The molecular formula is C8H19N3. The average Bonchev–Trinajstić information content (AvgIpc) is 1.98. The number of likely N-dealkylation sites (N-methyl/N-ethyl adjacent to an activating group) is 3. The van der Waals surface area contributed by atoms with Crippen LogP contribution in [0.15, 0.2) is 0 Å². The van der Waals surface area contributed by atoms with Crippen LogP contribution >= 0.6 is 0 Å². The van der Waals surface area contributed by atoms with Crippen LogP contribution in [0.1, 0.15) is 0 Å². The van der Waals surface area contributed by atoms with Crippen molar-refractivity contribution in [2.75, 3.05) is 47.3 Å². The summed E-state index contributed by atoms with van der Waals surface area (Å²) in [5.74, 6) is 0. The van der Waals surface area contributed by atoms with E-state index in [0.717, 1.165) is 6.54 Å². The minimum absolute atomic E-state index is 0.693. The lowest BCUT2D eigenvalue weighted by Gasteiger charge is -2.37. The fourth-order valence-electron chi connectivity index (χ4n) is 1.56. The van der Waals surface area contributed by atoms with Crippen LogP contribution in [0.5, 0.6) is 0 Å².